The summed E-state index contributed by atoms with van der Waals surface area (Å²) in [6.45, 7) is 2.02. The van der Waals surface area contributed by atoms with Gasteiger partial charge in [0.2, 0.25) is 0 Å². The van der Waals surface area contributed by atoms with E-state index in [9.17, 15) is 14.3 Å². The number of aryl methyl sites for hydroxylation is 1. The first-order chi connectivity index (χ1) is 10.1. The molecule has 2 rings (SSSR count). The number of carboxylic acids is 1. The zero-order chi connectivity index (χ0) is 15.4. The number of hydrogen-bond acceptors (Lipinski definition) is 3. The third-order valence-electron chi connectivity index (χ3n) is 3.24. The van der Waals surface area contributed by atoms with Crippen LogP contribution >= 0.6 is 0 Å². The van der Waals surface area contributed by atoms with Crippen LogP contribution in [0.1, 0.15) is 34.8 Å². The van der Waals surface area contributed by atoms with Crippen LogP contribution in [-0.2, 0) is 6.42 Å². The number of rotatable bonds is 4. The van der Waals surface area contributed by atoms with Crippen LogP contribution in [0.25, 0.3) is 11.1 Å². The lowest BCUT2D eigenvalue weighted by Crippen LogP contribution is -2.23. The quantitative estimate of drug-likeness (QED) is 0.866. The second-order valence-electron chi connectivity index (χ2n) is 4.72. The SMILES string of the molecule is CCCc1ccc(C(=O)[O-])c(-c2ccc(C#N)c(F)c2)c1. The van der Waals surface area contributed by atoms with E-state index >= 15 is 0 Å². The van der Waals surface area contributed by atoms with Crippen LogP contribution in [-0.4, -0.2) is 5.97 Å². The van der Waals surface area contributed by atoms with Gasteiger partial charge in [-0.25, -0.2) is 4.39 Å². The Labute approximate surface area is 122 Å². The van der Waals surface area contributed by atoms with Crippen molar-refractivity contribution in [2.75, 3.05) is 0 Å². The number of aromatic carboxylic acids is 1. The van der Waals surface area contributed by atoms with Crippen molar-refractivity contribution in [2.45, 2.75) is 19.8 Å². The van der Waals surface area contributed by atoms with Gasteiger partial charge in [0.1, 0.15) is 11.9 Å². The Balaban J connectivity index is 2.60. The number of nitrogens with zero attached hydrogens (tertiary/aromatic N) is 1. The van der Waals surface area contributed by atoms with Crippen molar-refractivity contribution in [1.82, 2.24) is 0 Å². The lowest BCUT2D eigenvalue weighted by Gasteiger charge is -2.13. The van der Waals surface area contributed by atoms with Gasteiger partial charge in [0.15, 0.2) is 0 Å². The lowest BCUT2D eigenvalue weighted by atomic mass is 9.95. The largest absolute Gasteiger partial charge is 0.545 e. The normalized spacial score (nSPS) is 10.1. The first-order valence-electron chi connectivity index (χ1n) is 6.61. The molecule has 21 heavy (non-hydrogen) atoms. The van der Waals surface area contributed by atoms with Crippen molar-refractivity contribution in [3.63, 3.8) is 0 Å². The van der Waals surface area contributed by atoms with Crippen LogP contribution in [0.15, 0.2) is 36.4 Å². The summed E-state index contributed by atoms with van der Waals surface area (Å²) in [6.07, 6.45) is 1.73. The van der Waals surface area contributed by atoms with Gasteiger partial charge in [0, 0.05) is 5.56 Å². The van der Waals surface area contributed by atoms with Crippen LogP contribution < -0.4 is 5.11 Å². The average molecular weight is 282 g/mol. The van der Waals surface area contributed by atoms with E-state index in [2.05, 4.69) is 0 Å². The maximum absolute atomic E-state index is 13.7. The molecule has 0 N–H and O–H groups in total. The van der Waals surface area contributed by atoms with Crippen LogP contribution in [0.3, 0.4) is 0 Å². The molecular weight excluding hydrogens is 269 g/mol. The molecule has 0 fully saturated rings. The number of carbonyl (C=O) groups excluding carboxylic acids is 1. The predicted molar refractivity (Wildman–Crippen MR) is 74.9 cm³/mol. The molecule has 0 aliphatic heterocycles. The van der Waals surface area contributed by atoms with E-state index in [4.69, 9.17) is 5.26 Å². The molecule has 0 aromatic heterocycles. The number of carboxylic acid groups (broad SMARTS) is 1. The van der Waals surface area contributed by atoms with Crippen LogP contribution in [0, 0.1) is 17.1 Å². The Morgan fingerprint density at radius 1 is 1.29 bits per heavy atom. The fraction of sp³-hybridized carbons (Fsp3) is 0.176. The molecule has 0 aliphatic carbocycles. The maximum Gasteiger partial charge on any atom is 0.141 e. The molecule has 0 heterocycles. The zero-order valence-electron chi connectivity index (χ0n) is 11.5. The number of carbonyl (C=O) groups is 1. The second-order valence-corrected chi connectivity index (χ2v) is 4.72. The fourth-order valence-corrected chi connectivity index (χ4v) is 2.23. The van der Waals surface area contributed by atoms with Crippen LogP contribution in [0.4, 0.5) is 4.39 Å². The standard InChI is InChI=1S/C17H14FNO2/c1-2-3-11-4-7-14(17(20)21)15(8-11)12-5-6-13(10-19)16(18)9-12/h4-9H,2-3H2,1H3,(H,20,21)/p-1. The predicted octanol–water partition coefficient (Wildman–Crippen LogP) is 2.68. The molecule has 0 saturated carbocycles. The number of halogens is 1. The number of hydrogen-bond donors (Lipinski definition) is 0. The van der Waals surface area contributed by atoms with Crippen molar-refractivity contribution < 1.29 is 14.3 Å². The van der Waals surface area contributed by atoms with Crippen LogP contribution in [0.2, 0.25) is 0 Å². The van der Waals surface area contributed by atoms with Crippen molar-refractivity contribution in [3.05, 3.63) is 58.9 Å². The Bertz CT molecular complexity index is 732. The molecular formula is C17H13FNO2-. The zero-order valence-corrected chi connectivity index (χ0v) is 11.5. The number of benzene rings is 2. The van der Waals surface area contributed by atoms with E-state index in [0.717, 1.165) is 18.4 Å². The second kappa shape index (κ2) is 6.19. The molecule has 0 atom stereocenters. The van der Waals surface area contributed by atoms with Gasteiger partial charge in [0.25, 0.3) is 0 Å². The smallest absolute Gasteiger partial charge is 0.141 e. The summed E-state index contributed by atoms with van der Waals surface area (Å²) in [4.78, 5) is 11.2. The summed E-state index contributed by atoms with van der Waals surface area (Å²) in [5.74, 6) is -1.97. The average Bonchev–Trinajstić information content (AvgIpc) is 2.47. The molecule has 0 bridgehead atoms. The summed E-state index contributed by atoms with van der Waals surface area (Å²) >= 11 is 0. The third kappa shape index (κ3) is 3.09. The Kier molecular flexibility index (Phi) is 4.34. The van der Waals surface area contributed by atoms with Gasteiger partial charge in [-0.2, -0.15) is 5.26 Å². The summed E-state index contributed by atoms with van der Waals surface area (Å²) < 4.78 is 13.7. The molecule has 2 aromatic rings. The molecule has 106 valence electrons. The molecule has 2 aromatic carbocycles. The Morgan fingerprint density at radius 2 is 2.05 bits per heavy atom. The minimum absolute atomic E-state index is 0.0129. The molecule has 4 heteroatoms. The van der Waals surface area contributed by atoms with Gasteiger partial charge in [-0.15, -0.1) is 0 Å². The van der Waals surface area contributed by atoms with E-state index in [1.165, 1.54) is 18.2 Å². The minimum Gasteiger partial charge on any atom is -0.545 e. The topological polar surface area (TPSA) is 63.9 Å². The summed E-state index contributed by atoms with van der Waals surface area (Å²) in [7, 11) is 0. The van der Waals surface area contributed by atoms with Gasteiger partial charge in [-0.05, 0) is 35.2 Å². The Morgan fingerprint density at radius 3 is 2.62 bits per heavy atom. The monoisotopic (exact) mass is 282 g/mol. The third-order valence-corrected chi connectivity index (χ3v) is 3.24. The van der Waals surface area contributed by atoms with E-state index < -0.39 is 11.8 Å². The van der Waals surface area contributed by atoms with E-state index in [1.807, 2.05) is 6.92 Å². The van der Waals surface area contributed by atoms with E-state index in [1.54, 1.807) is 24.3 Å². The van der Waals surface area contributed by atoms with Gasteiger partial charge < -0.3 is 9.90 Å². The van der Waals surface area contributed by atoms with Crippen LogP contribution in [0.5, 0.6) is 0 Å². The summed E-state index contributed by atoms with van der Waals surface area (Å²) in [5, 5.41) is 20.0. The molecule has 3 nitrogen and oxygen atoms in total. The molecule has 0 unspecified atom stereocenters. The first kappa shape index (κ1) is 14.7. The highest BCUT2D eigenvalue weighted by Crippen LogP contribution is 2.27. The van der Waals surface area contributed by atoms with E-state index in [0.29, 0.717) is 11.1 Å². The van der Waals surface area contributed by atoms with Crippen molar-refractivity contribution in [1.29, 1.82) is 5.26 Å². The molecule has 0 amide bonds. The maximum atomic E-state index is 13.7. The fourth-order valence-electron chi connectivity index (χ4n) is 2.23. The Hall–Kier alpha value is -2.67. The van der Waals surface area contributed by atoms with E-state index in [-0.39, 0.29) is 11.1 Å². The number of nitriles is 1. The molecule has 0 spiro atoms. The minimum atomic E-state index is -1.31. The molecule has 0 aliphatic rings. The first-order valence-corrected chi connectivity index (χ1v) is 6.61. The highest BCUT2D eigenvalue weighted by atomic mass is 19.1. The van der Waals surface area contributed by atoms with Crippen molar-refractivity contribution in [3.8, 4) is 17.2 Å². The van der Waals surface area contributed by atoms with Crippen molar-refractivity contribution in [2.24, 2.45) is 0 Å². The van der Waals surface area contributed by atoms with Gasteiger partial charge in [0.05, 0.1) is 11.5 Å². The molecule has 0 saturated heterocycles. The van der Waals surface area contributed by atoms with Gasteiger partial charge in [-0.3, -0.25) is 0 Å². The highest BCUT2D eigenvalue weighted by molar-refractivity contribution is 5.95. The molecule has 0 radical (unpaired) electrons. The highest BCUT2D eigenvalue weighted by Gasteiger charge is 2.10. The van der Waals surface area contributed by atoms with Crippen molar-refractivity contribution >= 4 is 5.97 Å². The summed E-state index contributed by atoms with van der Waals surface area (Å²) in [5.41, 5.74) is 1.74. The summed E-state index contributed by atoms with van der Waals surface area (Å²) in [6, 6.07) is 10.7. The van der Waals surface area contributed by atoms with Gasteiger partial charge in [-0.1, -0.05) is 37.6 Å². The van der Waals surface area contributed by atoms with Gasteiger partial charge >= 0.3 is 0 Å². The lowest BCUT2D eigenvalue weighted by molar-refractivity contribution is -0.254.